The summed E-state index contributed by atoms with van der Waals surface area (Å²) >= 11 is 0. The molecule has 0 unspecified atom stereocenters. The number of anilines is 1. The molecule has 0 radical (unpaired) electrons. The Hall–Kier alpha value is -1.75. The predicted molar refractivity (Wildman–Crippen MR) is 71.7 cm³/mol. The highest BCUT2D eigenvalue weighted by Crippen LogP contribution is 2.31. The van der Waals surface area contributed by atoms with E-state index < -0.39 is 0 Å². The summed E-state index contributed by atoms with van der Waals surface area (Å²) in [7, 11) is 0. The zero-order valence-corrected chi connectivity index (χ0v) is 10.8. The Morgan fingerprint density at radius 1 is 1.26 bits per heavy atom. The van der Waals surface area contributed by atoms with Gasteiger partial charge in [0.05, 0.1) is 11.3 Å². The molecule has 1 aromatic rings. The molecule has 2 aliphatic rings. The molecule has 5 heteroatoms. The van der Waals surface area contributed by atoms with Gasteiger partial charge in [-0.3, -0.25) is 4.79 Å². The van der Waals surface area contributed by atoms with Crippen LogP contribution >= 0.6 is 0 Å². The zero-order valence-electron chi connectivity index (χ0n) is 10.8. The first-order valence-electron chi connectivity index (χ1n) is 6.73. The number of fused-ring (bicyclic) bond motifs is 1. The van der Waals surface area contributed by atoms with Crippen molar-refractivity contribution in [3.8, 4) is 5.75 Å². The van der Waals surface area contributed by atoms with Gasteiger partial charge in [-0.1, -0.05) is 6.07 Å². The quantitative estimate of drug-likeness (QED) is 0.846. The Kier molecular flexibility index (Phi) is 3.55. The van der Waals surface area contributed by atoms with Crippen LogP contribution in [-0.2, 0) is 4.74 Å². The van der Waals surface area contributed by atoms with E-state index in [9.17, 15) is 4.79 Å². The van der Waals surface area contributed by atoms with Gasteiger partial charge in [-0.2, -0.15) is 0 Å². The molecule has 1 aromatic carbocycles. The highest BCUT2D eigenvalue weighted by Gasteiger charge is 2.22. The first-order chi connectivity index (χ1) is 9.34. The van der Waals surface area contributed by atoms with Crippen molar-refractivity contribution in [2.45, 2.75) is 18.9 Å². The largest absolute Gasteiger partial charge is 0.489 e. The molecule has 102 valence electrons. The summed E-state index contributed by atoms with van der Waals surface area (Å²) < 4.78 is 10.9. The van der Waals surface area contributed by atoms with E-state index in [2.05, 4.69) is 10.6 Å². The van der Waals surface area contributed by atoms with Gasteiger partial charge in [-0.15, -0.1) is 0 Å². The van der Waals surface area contributed by atoms with E-state index in [1.165, 1.54) is 0 Å². The van der Waals surface area contributed by atoms with Crippen LogP contribution in [0.1, 0.15) is 23.2 Å². The second-order valence-electron chi connectivity index (χ2n) is 4.82. The van der Waals surface area contributed by atoms with Crippen molar-refractivity contribution in [3.05, 3.63) is 23.8 Å². The van der Waals surface area contributed by atoms with Crippen molar-refractivity contribution in [1.29, 1.82) is 0 Å². The molecule has 0 aromatic heterocycles. The zero-order chi connectivity index (χ0) is 13.1. The Balaban J connectivity index is 1.75. The van der Waals surface area contributed by atoms with Crippen LogP contribution in [0.2, 0.25) is 0 Å². The first kappa shape index (κ1) is 12.3. The molecule has 1 saturated heterocycles. The lowest BCUT2D eigenvalue weighted by Gasteiger charge is -2.25. The number of para-hydroxylation sites is 1. The smallest absolute Gasteiger partial charge is 0.255 e. The van der Waals surface area contributed by atoms with E-state index in [1.807, 2.05) is 12.1 Å². The van der Waals surface area contributed by atoms with Gasteiger partial charge in [-0.05, 0) is 25.0 Å². The van der Waals surface area contributed by atoms with Gasteiger partial charge < -0.3 is 20.1 Å². The van der Waals surface area contributed by atoms with E-state index in [0.29, 0.717) is 17.9 Å². The molecular weight excluding hydrogens is 244 g/mol. The number of amides is 1. The summed E-state index contributed by atoms with van der Waals surface area (Å²) in [5.41, 5.74) is 1.50. The number of hydrogen-bond donors (Lipinski definition) is 2. The summed E-state index contributed by atoms with van der Waals surface area (Å²) in [5.74, 6) is 0.603. The van der Waals surface area contributed by atoms with Gasteiger partial charge >= 0.3 is 0 Å². The van der Waals surface area contributed by atoms with Gasteiger partial charge in [0.2, 0.25) is 0 Å². The van der Waals surface area contributed by atoms with Crippen molar-refractivity contribution in [2.24, 2.45) is 0 Å². The first-order valence-corrected chi connectivity index (χ1v) is 6.73. The number of carbonyl (C=O) groups excluding carboxylic acids is 1. The highest BCUT2D eigenvalue weighted by atomic mass is 16.5. The SMILES string of the molecule is O=C(NC1CCOCC1)c1cccc2c1OCCN2. The molecule has 0 atom stereocenters. The van der Waals surface area contributed by atoms with Crippen molar-refractivity contribution in [1.82, 2.24) is 5.32 Å². The van der Waals surface area contributed by atoms with Crippen LogP contribution < -0.4 is 15.4 Å². The average molecular weight is 262 g/mol. The number of rotatable bonds is 2. The van der Waals surface area contributed by atoms with Crippen LogP contribution in [0.3, 0.4) is 0 Å². The van der Waals surface area contributed by atoms with Gasteiger partial charge in [0.1, 0.15) is 6.61 Å². The van der Waals surface area contributed by atoms with E-state index in [0.717, 1.165) is 38.3 Å². The number of ether oxygens (including phenoxy) is 2. The summed E-state index contributed by atoms with van der Waals surface area (Å²) in [6, 6.07) is 5.81. The number of nitrogens with one attached hydrogen (secondary N) is 2. The molecular formula is C14H18N2O3. The minimum atomic E-state index is -0.0625. The molecule has 0 aliphatic carbocycles. The van der Waals surface area contributed by atoms with Gasteiger partial charge in [0.15, 0.2) is 5.75 Å². The number of carbonyl (C=O) groups is 1. The summed E-state index contributed by atoms with van der Waals surface area (Å²) in [4.78, 5) is 12.3. The van der Waals surface area contributed by atoms with E-state index in [4.69, 9.17) is 9.47 Å². The maximum Gasteiger partial charge on any atom is 0.255 e. The number of benzene rings is 1. The molecule has 2 aliphatic heterocycles. The molecule has 0 spiro atoms. The molecule has 0 bridgehead atoms. The molecule has 0 saturated carbocycles. The number of hydrogen-bond acceptors (Lipinski definition) is 4. The molecule has 1 amide bonds. The maximum absolute atomic E-state index is 12.3. The topological polar surface area (TPSA) is 59.6 Å². The van der Waals surface area contributed by atoms with Crippen LogP contribution in [0, 0.1) is 0 Å². The molecule has 3 rings (SSSR count). The van der Waals surface area contributed by atoms with E-state index in [1.54, 1.807) is 6.07 Å². The van der Waals surface area contributed by atoms with E-state index >= 15 is 0 Å². The average Bonchev–Trinajstić information content (AvgIpc) is 2.47. The van der Waals surface area contributed by atoms with Gasteiger partial charge in [0.25, 0.3) is 5.91 Å². The minimum Gasteiger partial charge on any atom is -0.489 e. The molecule has 2 heterocycles. The van der Waals surface area contributed by atoms with Crippen LogP contribution in [0.25, 0.3) is 0 Å². The molecule has 19 heavy (non-hydrogen) atoms. The standard InChI is InChI=1S/C14H18N2O3/c17-14(16-10-4-7-18-8-5-10)11-2-1-3-12-13(11)19-9-6-15-12/h1-3,10,15H,4-9H2,(H,16,17). The Bertz CT molecular complexity index is 470. The summed E-state index contributed by atoms with van der Waals surface area (Å²) in [6.45, 7) is 2.80. The fraction of sp³-hybridized carbons (Fsp3) is 0.500. The minimum absolute atomic E-state index is 0.0625. The Labute approximate surface area is 112 Å². The third-order valence-corrected chi connectivity index (χ3v) is 3.48. The molecule has 5 nitrogen and oxygen atoms in total. The summed E-state index contributed by atoms with van der Waals surface area (Å²) in [5, 5.41) is 6.30. The van der Waals surface area contributed by atoms with Crippen LogP contribution in [0.4, 0.5) is 5.69 Å². The van der Waals surface area contributed by atoms with Crippen LogP contribution in [0.15, 0.2) is 18.2 Å². The monoisotopic (exact) mass is 262 g/mol. The predicted octanol–water partition coefficient (Wildman–Crippen LogP) is 1.40. The van der Waals surface area contributed by atoms with Crippen LogP contribution in [0.5, 0.6) is 5.75 Å². The van der Waals surface area contributed by atoms with Gasteiger partial charge in [0, 0.05) is 25.8 Å². The highest BCUT2D eigenvalue weighted by molar-refractivity contribution is 5.99. The third-order valence-electron chi connectivity index (χ3n) is 3.48. The van der Waals surface area contributed by atoms with Crippen molar-refractivity contribution < 1.29 is 14.3 Å². The maximum atomic E-state index is 12.3. The van der Waals surface area contributed by atoms with Crippen molar-refractivity contribution >= 4 is 11.6 Å². The van der Waals surface area contributed by atoms with E-state index in [-0.39, 0.29) is 11.9 Å². The summed E-state index contributed by atoms with van der Waals surface area (Å²) in [6.07, 6.45) is 1.75. The van der Waals surface area contributed by atoms with Gasteiger partial charge in [-0.25, -0.2) is 0 Å². The molecule has 2 N–H and O–H groups in total. The second kappa shape index (κ2) is 5.48. The lowest BCUT2D eigenvalue weighted by molar-refractivity contribution is 0.0695. The Morgan fingerprint density at radius 2 is 2.11 bits per heavy atom. The lowest BCUT2D eigenvalue weighted by atomic mass is 10.1. The Morgan fingerprint density at radius 3 is 2.95 bits per heavy atom. The molecule has 1 fully saturated rings. The second-order valence-corrected chi connectivity index (χ2v) is 4.82. The normalized spacial score (nSPS) is 18.9. The van der Waals surface area contributed by atoms with Crippen LogP contribution in [-0.4, -0.2) is 38.3 Å². The lowest BCUT2D eigenvalue weighted by Crippen LogP contribution is -2.39. The third kappa shape index (κ3) is 2.66. The fourth-order valence-electron chi connectivity index (χ4n) is 2.45. The van der Waals surface area contributed by atoms with Crippen molar-refractivity contribution in [2.75, 3.05) is 31.7 Å². The fourth-order valence-corrected chi connectivity index (χ4v) is 2.45. The van der Waals surface area contributed by atoms with Crippen molar-refractivity contribution in [3.63, 3.8) is 0 Å².